The Morgan fingerprint density at radius 3 is 2.33 bits per heavy atom. The van der Waals surface area contributed by atoms with Gasteiger partial charge in [-0.25, -0.2) is 0 Å². The van der Waals surface area contributed by atoms with Crippen molar-refractivity contribution in [2.24, 2.45) is 0 Å². The molecule has 0 saturated carbocycles. The van der Waals surface area contributed by atoms with Crippen molar-refractivity contribution in [1.82, 2.24) is 0 Å². The monoisotopic (exact) mass is 376 g/mol. The summed E-state index contributed by atoms with van der Waals surface area (Å²) >= 11 is 18.0. The molecule has 3 aromatic rings. The highest BCUT2D eigenvalue weighted by molar-refractivity contribution is 6.35. The summed E-state index contributed by atoms with van der Waals surface area (Å²) in [5, 5.41) is 1.70. The highest BCUT2D eigenvalue weighted by atomic mass is 35.5. The zero-order chi connectivity index (χ0) is 17.1. The summed E-state index contributed by atoms with van der Waals surface area (Å²) in [6.07, 6.45) is 3.06. The lowest BCUT2D eigenvalue weighted by Gasteiger charge is -2.01. The van der Waals surface area contributed by atoms with E-state index in [2.05, 4.69) is 0 Å². The summed E-state index contributed by atoms with van der Waals surface area (Å²) in [4.78, 5) is 12.1. The van der Waals surface area contributed by atoms with E-state index >= 15 is 0 Å². The molecule has 2 aromatic carbocycles. The molecule has 0 N–H and O–H groups in total. The molecule has 120 valence electrons. The minimum absolute atomic E-state index is 0.134. The highest BCUT2D eigenvalue weighted by Gasteiger charge is 2.09. The van der Waals surface area contributed by atoms with Gasteiger partial charge in [0.15, 0.2) is 5.78 Å². The molecule has 0 amide bonds. The third-order valence-corrected chi connectivity index (χ3v) is 4.17. The number of carbonyl (C=O) groups excluding carboxylic acids is 1. The number of ketones is 1. The van der Waals surface area contributed by atoms with Crippen LogP contribution in [0.2, 0.25) is 15.1 Å². The van der Waals surface area contributed by atoms with Gasteiger partial charge in [-0.3, -0.25) is 4.79 Å². The Kier molecular flexibility index (Phi) is 5.10. The first-order valence-electron chi connectivity index (χ1n) is 7.06. The third kappa shape index (κ3) is 3.90. The van der Waals surface area contributed by atoms with E-state index in [1.165, 1.54) is 6.08 Å². The molecule has 0 aliphatic heterocycles. The molecule has 2 nitrogen and oxygen atoms in total. The number of carbonyl (C=O) groups is 1. The maximum atomic E-state index is 12.1. The second-order valence-corrected chi connectivity index (χ2v) is 6.31. The van der Waals surface area contributed by atoms with Crippen LogP contribution in [0.15, 0.2) is 65.1 Å². The maximum absolute atomic E-state index is 12.1. The number of benzene rings is 2. The highest BCUT2D eigenvalue weighted by Crippen LogP contribution is 2.32. The molecular formula is C19H11Cl3O2. The van der Waals surface area contributed by atoms with Crippen molar-refractivity contribution in [3.05, 3.63) is 87.1 Å². The number of hydrogen-bond donors (Lipinski definition) is 0. The molecule has 0 aliphatic rings. The normalized spacial score (nSPS) is 11.1. The van der Waals surface area contributed by atoms with Crippen molar-refractivity contribution in [3.63, 3.8) is 0 Å². The number of allylic oxidation sites excluding steroid dienone is 1. The predicted molar refractivity (Wildman–Crippen MR) is 99.0 cm³/mol. The molecule has 0 radical (unpaired) electrons. The molecule has 1 heterocycles. The van der Waals surface area contributed by atoms with Crippen molar-refractivity contribution in [3.8, 4) is 11.3 Å². The number of halogens is 3. The summed E-state index contributed by atoms with van der Waals surface area (Å²) in [5.41, 5.74) is 1.26. The first-order chi connectivity index (χ1) is 11.5. The van der Waals surface area contributed by atoms with E-state index in [0.717, 1.165) is 0 Å². The number of furan rings is 1. The van der Waals surface area contributed by atoms with Crippen LogP contribution in [0.4, 0.5) is 0 Å². The van der Waals surface area contributed by atoms with E-state index in [-0.39, 0.29) is 5.78 Å². The van der Waals surface area contributed by atoms with Crippen LogP contribution in [-0.2, 0) is 0 Å². The number of rotatable bonds is 4. The molecular weight excluding hydrogens is 367 g/mol. The SMILES string of the molecule is O=C(/C=C/c1ccc(-c2cc(Cl)ccc2Cl)o1)c1ccc(Cl)cc1. The lowest BCUT2D eigenvalue weighted by atomic mass is 10.1. The average Bonchev–Trinajstić information content (AvgIpc) is 3.04. The van der Waals surface area contributed by atoms with Crippen molar-refractivity contribution < 1.29 is 9.21 Å². The Morgan fingerprint density at radius 2 is 1.58 bits per heavy atom. The summed E-state index contributed by atoms with van der Waals surface area (Å²) in [5.74, 6) is 0.995. The fraction of sp³-hybridized carbons (Fsp3) is 0. The van der Waals surface area contributed by atoms with Gasteiger partial charge in [-0.2, -0.15) is 0 Å². The van der Waals surface area contributed by atoms with Crippen LogP contribution in [0, 0.1) is 0 Å². The predicted octanol–water partition coefficient (Wildman–Crippen LogP) is 6.80. The molecule has 3 rings (SSSR count). The Morgan fingerprint density at radius 1 is 0.875 bits per heavy atom. The molecule has 0 aliphatic carbocycles. The Bertz CT molecular complexity index is 909. The van der Waals surface area contributed by atoms with Gasteiger partial charge in [0.25, 0.3) is 0 Å². The quantitative estimate of drug-likeness (QED) is 0.369. The van der Waals surface area contributed by atoms with Crippen molar-refractivity contribution >= 4 is 46.7 Å². The zero-order valence-electron chi connectivity index (χ0n) is 12.3. The Labute approximate surface area is 154 Å². The fourth-order valence-electron chi connectivity index (χ4n) is 2.14. The van der Waals surface area contributed by atoms with Gasteiger partial charge in [-0.05, 0) is 66.7 Å². The van der Waals surface area contributed by atoms with Crippen LogP contribution in [0.1, 0.15) is 16.1 Å². The molecule has 0 fully saturated rings. The summed E-state index contributed by atoms with van der Waals surface area (Å²) in [6, 6.07) is 15.4. The summed E-state index contributed by atoms with van der Waals surface area (Å²) < 4.78 is 5.71. The Hall–Kier alpha value is -2.00. The second kappa shape index (κ2) is 7.27. The topological polar surface area (TPSA) is 30.2 Å². The van der Waals surface area contributed by atoms with Gasteiger partial charge >= 0.3 is 0 Å². The summed E-state index contributed by atoms with van der Waals surface area (Å²) in [6.45, 7) is 0. The van der Waals surface area contributed by atoms with Crippen molar-refractivity contribution in [2.75, 3.05) is 0 Å². The first kappa shape index (κ1) is 16.8. The number of hydrogen-bond acceptors (Lipinski definition) is 2. The van der Waals surface area contributed by atoms with Gasteiger partial charge in [-0.15, -0.1) is 0 Å². The maximum Gasteiger partial charge on any atom is 0.185 e. The van der Waals surface area contributed by atoms with Gasteiger partial charge < -0.3 is 4.42 Å². The van der Waals surface area contributed by atoms with Gasteiger partial charge in [0.05, 0.1) is 5.02 Å². The third-order valence-electron chi connectivity index (χ3n) is 3.35. The standard InChI is InChI=1S/C19H11Cl3O2/c20-13-3-1-12(2-4-13)18(23)9-6-15-7-10-19(24-15)16-11-14(21)5-8-17(16)22/h1-11H/b9-6+. The lowest BCUT2D eigenvalue weighted by molar-refractivity contribution is 0.104. The van der Waals surface area contributed by atoms with Gasteiger partial charge in [0.2, 0.25) is 0 Å². The van der Waals surface area contributed by atoms with E-state index < -0.39 is 0 Å². The smallest absolute Gasteiger partial charge is 0.185 e. The van der Waals surface area contributed by atoms with E-state index in [1.54, 1.807) is 60.7 Å². The molecule has 0 bridgehead atoms. The lowest BCUT2D eigenvalue weighted by Crippen LogP contribution is -1.92. The van der Waals surface area contributed by atoms with E-state index in [9.17, 15) is 4.79 Å². The van der Waals surface area contributed by atoms with Crippen LogP contribution in [0.25, 0.3) is 17.4 Å². The fourth-order valence-corrected chi connectivity index (χ4v) is 2.65. The molecule has 24 heavy (non-hydrogen) atoms. The second-order valence-electron chi connectivity index (χ2n) is 5.03. The van der Waals surface area contributed by atoms with Crippen LogP contribution in [0.5, 0.6) is 0 Å². The van der Waals surface area contributed by atoms with E-state index in [0.29, 0.717) is 37.7 Å². The molecule has 5 heteroatoms. The van der Waals surface area contributed by atoms with Gasteiger partial charge in [0.1, 0.15) is 11.5 Å². The summed E-state index contributed by atoms with van der Waals surface area (Å²) in [7, 11) is 0. The van der Waals surface area contributed by atoms with Gasteiger partial charge in [0, 0.05) is 21.2 Å². The average molecular weight is 378 g/mol. The zero-order valence-corrected chi connectivity index (χ0v) is 14.6. The minimum atomic E-state index is -0.134. The van der Waals surface area contributed by atoms with Crippen LogP contribution in [-0.4, -0.2) is 5.78 Å². The molecule has 1 aromatic heterocycles. The molecule has 0 saturated heterocycles. The van der Waals surface area contributed by atoms with Crippen molar-refractivity contribution in [2.45, 2.75) is 0 Å². The molecule has 0 unspecified atom stereocenters. The van der Waals surface area contributed by atoms with Gasteiger partial charge in [-0.1, -0.05) is 34.8 Å². The molecule has 0 spiro atoms. The van der Waals surface area contributed by atoms with Crippen LogP contribution < -0.4 is 0 Å². The van der Waals surface area contributed by atoms with Crippen LogP contribution >= 0.6 is 34.8 Å². The van der Waals surface area contributed by atoms with Crippen LogP contribution in [0.3, 0.4) is 0 Å². The Balaban J connectivity index is 1.79. The van der Waals surface area contributed by atoms with Crippen molar-refractivity contribution in [1.29, 1.82) is 0 Å². The minimum Gasteiger partial charge on any atom is -0.457 e. The molecule has 0 atom stereocenters. The largest absolute Gasteiger partial charge is 0.457 e. The first-order valence-corrected chi connectivity index (χ1v) is 8.19. The van der Waals surface area contributed by atoms with E-state index in [1.807, 2.05) is 0 Å². The van der Waals surface area contributed by atoms with E-state index in [4.69, 9.17) is 39.2 Å².